The number of hydrogen-bond donors (Lipinski definition) is 1. The first-order valence-corrected chi connectivity index (χ1v) is 4.57. The summed E-state index contributed by atoms with van der Waals surface area (Å²) >= 11 is 0. The van der Waals surface area contributed by atoms with Gasteiger partial charge in [-0.1, -0.05) is 26.0 Å². The Labute approximate surface area is 83.9 Å². The van der Waals surface area contributed by atoms with Gasteiger partial charge in [0.15, 0.2) is 5.78 Å². The number of carbonyl (C=O) groups excluding carboxylic acids is 2. The number of rotatable bonds is 3. The van der Waals surface area contributed by atoms with E-state index in [0.29, 0.717) is 17.5 Å². The molecule has 1 aromatic rings. The first kappa shape index (κ1) is 12.4. The largest absolute Gasteiger partial charge is 0.398 e. The van der Waals surface area contributed by atoms with Gasteiger partial charge in [0.2, 0.25) is 0 Å². The number of hydrogen-bond acceptors (Lipinski definition) is 3. The molecule has 0 amide bonds. The van der Waals surface area contributed by atoms with E-state index >= 15 is 0 Å². The number of Topliss-reactive ketones (excluding diaryl/α,β-unsaturated/α-hetero) is 1. The zero-order valence-electron chi connectivity index (χ0n) is 8.49. The van der Waals surface area contributed by atoms with Gasteiger partial charge < -0.3 is 10.5 Å². The van der Waals surface area contributed by atoms with Crippen molar-refractivity contribution in [3.63, 3.8) is 0 Å². The van der Waals surface area contributed by atoms with E-state index in [1.807, 2.05) is 13.8 Å². The van der Waals surface area contributed by atoms with Crippen LogP contribution < -0.4 is 5.73 Å². The average molecular weight is 193 g/mol. The molecular weight excluding hydrogens is 178 g/mol. The Morgan fingerprint density at radius 2 is 1.93 bits per heavy atom. The number of aldehydes is 1. The minimum absolute atomic E-state index is 0.103. The average Bonchev–Trinajstić information content (AvgIpc) is 2.22. The second-order valence-corrected chi connectivity index (χ2v) is 2.38. The van der Waals surface area contributed by atoms with E-state index in [2.05, 4.69) is 0 Å². The summed E-state index contributed by atoms with van der Waals surface area (Å²) < 4.78 is 0. The summed E-state index contributed by atoms with van der Waals surface area (Å²) in [6.07, 6.45) is 0.475. The summed E-state index contributed by atoms with van der Waals surface area (Å²) in [5, 5.41) is 0. The minimum atomic E-state index is -0.233. The molecule has 0 aliphatic carbocycles. The Morgan fingerprint density at radius 3 is 2.43 bits per heavy atom. The molecule has 0 aliphatic rings. The molecule has 0 unspecified atom stereocenters. The third-order valence-corrected chi connectivity index (χ3v) is 1.53. The minimum Gasteiger partial charge on any atom is -0.398 e. The van der Waals surface area contributed by atoms with Gasteiger partial charge in [0.05, 0.1) is 6.42 Å². The van der Waals surface area contributed by atoms with Gasteiger partial charge in [-0.3, -0.25) is 4.79 Å². The third-order valence-electron chi connectivity index (χ3n) is 1.53. The third kappa shape index (κ3) is 3.39. The summed E-state index contributed by atoms with van der Waals surface area (Å²) in [5.74, 6) is -0.233. The van der Waals surface area contributed by atoms with Gasteiger partial charge in [-0.15, -0.1) is 0 Å². The van der Waals surface area contributed by atoms with Crippen LogP contribution in [0.25, 0.3) is 0 Å². The molecule has 76 valence electrons. The van der Waals surface area contributed by atoms with Crippen LogP contribution in [0.4, 0.5) is 5.69 Å². The monoisotopic (exact) mass is 193 g/mol. The van der Waals surface area contributed by atoms with Crippen molar-refractivity contribution in [1.29, 1.82) is 0 Å². The zero-order valence-corrected chi connectivity index (χ0v) is 8.49. The molecule has 0 saturated heterocycles. The van der Waals surface area contributed by atoms with Crippen molar-refractivity contribution in [2.45, 2.75) is 20.3 Å². The molecule has 3 heteroatoms. The number of nitrogen functional groups attached to an aromatic ring is 1. The molecule has 1 rings (SSSR count). The number of ketones is 1. The van der Waals surface area contributed by atoms with E-state index in [1.165, 1.54) is 0 Å². The highest BCUT2D eigenvalue weighted by molar-refractivity contribution is 6.06. The molecule has 0 aliphatic heterocycles. The molecular formula is C11H15NO2. The number of carbonyl (C=O) groups is 2. The predicted molar refractivity (Wildman–Crippen MR) is 57.2 cm³/mol. The Kier molecular flexibility index (Phi) is 6.03. The quantitative estimate of drug-likeness (QED) is 0.346. The van der Waals surface area contributed by atoms with E-state index < -0.39 is 0 Å². The van der Waals surface area contributed by atoms with E-state index in [9.17, 15) is 9.59 Å². The molecule has 0 heterocycles. The van der Waals surface area contributed by atoms with Crippen molar-refractivity contribution >= 4 is 17.8 Å². The van der Waals surface area contributed by atoms with Crippen LogP contribution in [0.2, 0.25) is 0 Å². The fourth-order valence-corrected chi connectivity index (χ4v) is 0.937. The van der Waals surface area contributed by atoms with Gasteiger partial charge in [0.1, 0.15) is 6.29 Å². The summed E-state index contributed by atoms with van der Waals surface area (Å²) in [6, 6.07) is 6.71. The highest BCUT2D eigenvalue weighted by Gasteiger charge is 2.06. The van der Waals surface area contributed by atoms with Gasteiger partial charge in [-0.05, 0) is 12.1 Å². The first-order valence-electron chi connectivity index (χ1n) is 4.57. The number of anilines is 1. The van der Waals surface area contributed by atoms with Gasteiger partial charge in [-0.2, -0.15) is 0 Å². The second-order valence-electron chi connectivity index (χ2n) is 2.38. The smallest absolute Gasteiger partial charge is 0.171 e. The lowest BCUT2D eigenvalue weighted by Crippen LogP contribution is -2.03. The molecule has 1 aromatic carbocycles. The molecule has 2 N–H and O–H groups in total. The maximum Gasteiger partial charge on any atom is 0.171 e. The van der Waals surface area contributed by atoms with Crippen LogP contribution in [0.1, 0.15) is 30.6 Å². The van der Waals surface area contributed by atoms with Crippen molar-refractivity contribution < 1.29 is 9.59 Å². The van der Waals surface area contributed by atoms with Crippen molar-refractivity contribution in [2.24, 2.45) is 0 Å². The van der Waals surface area contributed by atoms with E-state index in [0.717, 1.165) is 0 Å². The molecule has 0 radical (unpaired) electrons. The Balaban J connectivity index is 0.000000791. The molecule has 0 saturated carbocycles. The van der Waals surface area contributed by atoms with Crippen LogP contribution >= 0.6 is 0 Å². The normalized spacial score (nSPS) is 8.43. The number of nitrogens with two attached hydrogens (primary N) is 1. The summed E-state index contributed by atoms with van der Waals surface area (Å²) in [5.41, 5.74) is 6.36. The van der Waals surface area contributed by atoms with Crippen LogP contribution in [0.5, 0.6) is 0 Å². The SMILES string of the molecule is CC.Nc1ccccc1C(=O)CC=O. The number of para-hydroxylation sites is 1. The van der Waals surface area contributed by atoms with Crippen LogP contribution in [-0.4, -0.2) is 12.1 Å². The van der Waals surface area contributed by atoms with E-state index in [4.69, 9.17) is 5.73 Å². The molecule has 0 aromatic heterocycles. The van der Waals surface area contributed by atoms with E-state index in [-0.39, 0.29) is 12.2 Å². The zero-order chi connectivity index (χ0) is 11.0. The van der Waals surface area contributed by atoms with Gasteiger partial charge >= 0.3 is 0 Å². The highest BCUT2D eigenvalue weighted by atomic mass is 16.1. The van der Waals surface area contributed by atoms with Crippen LogP contribution in [0, 0.1) is 0 Å². The van der Waals surface area contributed by atoms with Gasteiger partial charge in [0.25, 0.3) is 0 Å². The Hall–Kier alpha value is -1.64. The maximum absolute atomic E-state index is 11.2. The fourth-order valence-electron chi connectivity index (χ4n) is 0.937. The lowest BCUT2D eigenvalue weighted by Gasteiger charge is -2.00. The molecule has 14 heavy (non-hydrogen) atoms. The summed E-state index contributed by atoms with van der Waals surface area (Å²) in [4.78, 5) is 21.2. The Bertz CT molecular complexity index is 308. The number of benzene rings is 1. The topological polar surface area (TPSA) is 60.2 Å². The van der Waals surface area contributed by atoms with Crippen molar-refractivity contribution in [3.05, 3.63) is 29.8 Å². The molecule has 0 fully saturated rings. The first-order chi connectivity index (χ1) is 6.75. The van der Waals surface area contributed by atoms with Crippen LogP contribution in [0.3, 0.4) is 0 Å². The van der Waals surface area contributed by atoms with Gasteiger partial charge in [0, 0.05) is 11.3 Å². The lowest BCUT2D eigenvalue weighted by molar-refractivity contribution is -0.107. The van der Waals surface area contributed by atoms with Crippen LogP contribution in [0.15, 0.2) is 24.3 Å². The molecule has 0 bridgehead atoms. The van der Waals surface area contributed by atoms with Crippen LogP contribution in [-0.2, 0) is 4.79 Å². The fraction of sp³-hybridized carbons (Fsp3) is 0.273. The summed E-state index contributed by atoms with van der Waals surface area (Å²) in [6.45, 7) is 4.00. The highest BCUT2D eigenvalue weighted by Crippen LogP contribution is 2.11. The predicted octanol–water partition coefficient (Wildman–Crippen LogP) is 2.07. The second kappa shape index (κ2) is 6.83. The molecule has 0 atom stereocenters. The maximum atomic E-state index is 11.2. The summed E-state index contributed by atoms with van der Waals surface area (Å²) in [7, 11) is 0. The van der Waals surface area contributed by atoms with Gasteiger partial charge in [-0.25, -0.2) is 0 Å². The van der Waals surface area contributed by atoms with Crippen molar-refractivity contribution in [3.8, 4) is 0 Å². The van der Waals surface area contributed by atoms with E-state index in [1.54, 1.807) is 24.3 Å². The standard InChI is InChI=1S/C9H9NO2.C2H6/c10-8-4-2-1-3-7(8)9(12)5-6-11;1-2/h1-4,6H,5,10H2;1-2H3. The molecule has 0 spiro atoms. The van der Waals surface area contributed by atoms with Crippen molar-refractivity contribution in [2.75, 3.05) is 5.73 Å². The molecule has 3 nitrogen and oxygen atoms in total. The van der Waals surface area contributed by atoms with Crippen molar-refractivity contribution in [1.82, 2.24) is 0 Å². The lowest BCUT2D eigenvalue weighted by atomic mass is 10.1. The Morgan fingerprint density at radius 1 is 1.36 bits per heavy atom.